The molecule has 88 valence electrons. The van der Waals surface area contributed by atoms with Gasteiger partial charge in [-0.1, -0.05) is 0 Å². The van der Waals surface area contributed by atoms with Gasteiger partial charge in [-0.2, -0.15) is 5.26 Å². The first-order valence-corrected chi connectivity index (χ1v) is 7.66. The minimum absolute atomic E-state index is 1.00. The van der Waals surface area contributed by atoms with Crippen LogP contribution in [0.2, 0.25) is 0 Å². The summed E-state index contributed by atoms with van der Waals surface area (Å²) in [7, 11) is 0. The minimum Gasteiger partial charge on any atom is -0.192 e. The average Bonchev–Trinajstić information content (AvgIpc) is 2.40. The number of hydrogen-bond acceptors (Lipinski definition) is 1. The number of rotatable bonds is 0. The summed E-state index contributed by atoms with van der Waals surface area (Å²) in [6.07, 6.45) is 9.98. The zero-order valence-corrected chi connectivity index (χ0v) is 12.1. The molecule has 0 aliphatic heterocycles. The molecule has 0 aromatic heterocycles. The van der Waals surface area contributed by atoms with Crippen molar-refractivity contribution in [2.45, 2.75) is 51.4 Å². The molecule has 2 heteroatoms. The molecule has 0 spiro atoms. The van der Waals surface area contributed by atoms with Crippen molar-refractivity contribution in [1.29, 1.82) is 5.26 Å². The van der Waals surface area contributed by atoms with E-state index in [0.29, 0.717) is 0 Å². The number of nitrogens with zero attached hydrogens (tertiary/aromatic N) is 1. The molecule has 0 amide bonds. The standard InChI is InChI=1S/C15H16IN/c16-15-13-8-4-3-6-11(13)10-5-1-2-7-12(10)14(15)9-17/h1-8H2. The second kappa shape index (κ2) is 4.61. The molecule has 1 aromatic carbocycles. The fraction of sp³-hybridized carbons (Fsp3) is 0.533. The van der Waals surface area contributed by atoms with Gasteiger partial charge in [0, 0.05) is 3.57 Å². The largest absolute Gasteiger partial charge is 0.192 e. The van der Waals surface area contributed by atoms with Crippen molar-refractivity contribution in [2.75, 3.05) is 0 Å². The van der Waals surface area contributed by atoms with Crippen LogP contribution in [0.3, 0.4) is 0 Å². The zero-order valence-electron chi connectivity index (χ0n) is 9.98. The Morgan fingerprint density at radius 3 is 1.82 bits per heavy atom. The van der Waals surface area contributed by atoms with Crippen molar-refractivity contribution < 1.29 is 0 Å². The van der Waals surface area contributed by atoms with Crippen molar-refractivity contribution in [2.24, 2.45) is 0 Å². The van der Waals surface area contributed by atoms with E-state index in [1.165, 1.54) is 59.6 Å². The molecule has 0 fully saturated rings. The van der Waals surface area contributed by atoms with Crippen LogP contribution in [0.5, 0.6) is 0 Å². The predicted molar refractivity (Wildman–Crippen MR) is 77.2 cm³/mol. The maximum Gasteiger partial charge on any atom is 0.101 e. The van der Waals surface area contributed by atoms with Crippen LogP contribution in [-0.2, 0) is 25.7 Å². The second-order valence-corrected chi connectivity index (χ2v) is 6.21. The van der Waals surface area contributed by atoms with E-state index in [9.17, 15) is 5.26 Å². The summed E-state index contributed by atoms with van der Waals surface area (Å²) in [6.45, 7) is 0. The molecular formula is C15H16IN. The summed E-state index contributed by atoms with van der Waals surface area (Å²) in [4.78, 5) is 0. The number of hydrogen-bond donors (Lipinski definition) is 0. The van der Waals surface area contributed by atoms with Gasteiger partial charge in [0.2, 0.25) is 0 Å². The van der Waals surface area contributed by atoms with E-state index in [-0.39, 0.29) is 0 Å². The minimum atomic E-state index is 1.00. The summed E-state index contributed by atoms with van der Waals surface area (Å²) in [5, 5.41) is 9.42. The highest BCUT2D eigenvalue weighted by Gasteiger charge is 2.25. The Morgan fingerprint density at radius 1 is 0.765 bits per heavy atom. The van der Waals surface area contributed by atoms with E-state index < -0.39 is 0 Å². The first-order valence-electron chi connectivity index (χ1n) is 6.58. The molecule has 0 saturated heterocycles. The third kappa shape index (κ3) is 1.79. The molecule has 0 saturated carbocycles. The smallest absolute Gasteiger partial charge is 0.101 e. The van der Waals surface area contributed by atoms with Gasteiger partial charge < -0.3 is 0 Å². The van der Waals surface area contributed by atoms with Gasteiger partial charge in [-0.15, -0.1) is 0 Å². The van der Waals surface area contributed by atoms with Gasteiger partial charge in [-0.3, -0.25) is 0 Å². The zero-order chi connectivity index (χ0) is 11.8. The molecule has 0 radical (unpaired) electrons. The highest BCUT2D eigenvalue weighted by atomic mass is 127. The molecule has 3 rings (SSSR count). The Kier molecular flexibility index (Phi) is 3.12. The summed E-state index contributed by atoms with van der Waals surface area (Å²) in [6, 6.07) is 2.47. The van der Waals surface area contributed by atoms with E-state index in [0.717, 1.165) is 12.0 Å². The highest BCUT2D eigenvalue weighted by Crippen LogP contribution is 2.37. The summed E-state index contributed by atoms with van der Waals surface area (Å²) < 4.78 is 1.26. The molecule has 1 nitrogen and oxygen atoms in total. The summed E-state index contributed by atoms with van der Waals surface area (Å²) >= 11 is 2.41. The van der Waals surface area contributed by atoms with Crippen molar-refractivity contribution in [3.05, 3.63) is 31.4 Å². The fourth-order valence-electron chi connectivity index (χ4n) is 3.39. The monoisotopic (exact) mass is 337 g/mol. The molecule has 0 atom stereocenters. The maximum absolute atomic E-state index is 9.42. The van der Waals surface area contributed by atoms with E-state index in [1.54, 1.807) is 11.1 Å². The van der Waals surface area contributed by atoms with E-state index >= 15 is 0 Å². The van der Waals surface area contributed by atoms with Gasteiger partial charge in [0.15, 0.2) is 0 Å². The molecule has 2 aliphatic carbocycles. The Balaban J connectivity index is 2.30. The fourth-order valence-corrected chi connectivity index (χ4v) is 4.44. The highest BCUT2D eigenvalue weighted by molar-refractivity contribution is 14.1. The van der Waals surface area contributed by atoms with Crippen LogP contribution in [0.15, 0.2) is 0 Å². The Morgan fingerprint density at radius 2 is 1.24 bits per heavy atom. The van der Waals surface area contributed by atoms with Gasteiger partial charge in [-0.25, -0.2) is 0 Å². The van der Waals surface area contributed by atoms with Crippen molar-refractivity contribution in [3.63, 3.8) is 0 Å². The van der Waals surface area contributed by atoms with E-state index in [4.69, 9.17) is 0 Å². The van der Waals surface area contributed by atoms with Gasteiger partial charge >= 0.3 is 0 Å². The Hall–Kier alpha value is -0.560. The van der Waals surface area contributed by atoms with Gasteiger partial charge in [0.25, 0.3) is 0 Å². The summed E-state index contributed by atoms with van der Waals surface area (Å²) in [5.41, 5.74) is 7.08. The number of nitriles is 1. The Bertz CT molecular complexity index is 511. The number of fused-ring (bicyclic) bond motifs is 3. The topological polar surface area (TPSA) is 23.8 Å². The van der Waals surface area contributed by atoms with Crippen molar-refractivity contribution in [3.8, 4) is 6.07 Å². The lowest BCUT2D eigenvalue weighted by Crippen LogP contribution is -2.16. The van der Waals surface area contributed by atoms with Crippen LogP contribution in [0.25, 0.3) is 0 Å². The van der Waals surface area contributed by atoms with Crippen LogP contribution < -0.4 is 0 Å². The lowest BCUT2D eigenvalue weighted by molar-refractivity contribution is 0.637. The summed E-state index contributed by atoms with van der Waals surface area (Å²) in [5.74, 6) is 0. The maximum atomic E-state index is 9.42. The SMILES string of the molecule is N#Cc1c(I)c2c(c3c1CCCC3)CCCC2. The lowest BCUT2D eigenvalue weighted by atomic mass is 9.78. The van der Waals surface area contributed by atoms with Crippen LogP contribution in [0.4, 0.5) is 0 Å². The van der Waals surface area contributed by atoms with Crippen molar-refractivity contribution in [1.82, 2.24) is 0 Å². The molecule has 17 heavy (non-hydrogen) atoms. The van der Waals surface area contributed by atoms with E-state index in [2.05, 4.69) is 28.7 Å². The first kappa shape index (κ1) is 11.5. The van der Waals surface area contributed by atoms with Gasteiger partial charge in [0.05, 0.1) is 5.56 Å². The normalized spacial score (nSPS) is 18.1. The van der Waals surface area contributed by atoms with Crippen LogP contribution in [0, 0.1) is 14.9 Å². The van der Waals surface area contributed by atoms with Gasteiger partial charge in [0.1, 0.15) is 6.07 Å². The van der Waals surface area contributed by atoms with Crippen LogP contribution >= 0.6 is 22.6 Å². The number of halogens is 1. The average molecular weight is 337 g/mol. The van der Waals surface area contributed by atoms with Crippen LogP contribution in [0.1, 0.15) is 53.5 Å². The van der Waals surface area contributed by atoms with Gasteiger partial charge in [-0.05, 0) is 96.2 Å². The molecule has 0 heterocycles. The molecule has 0 unspecified atom stereocenters. The lowest BCUT2D eigenvalue weighted by Gasteiger charge is -2.27. The third-order valence-electron chi connectivity index (χ3n) is 4.20. The van der Waals surface area contributed by atoms with Crippen LogP contribution in [-0.4, -0.2) is 0 Å². The molecule has 2 aliphatic rings. The molecule has 0 N–H and O–H groups in total. The molecule has 1 aromatic rings. The molecular weight excluding hydrogens is 321 g/mol. The predicted octanol–water partition coefficient (Wildman–Crippen LogP) is 3.92. The quantitative estimate of drug-likeness (QED) is 0.659. The Labute approximate surface area is 116 Å². The number of benzene rings is 1. The van der Waals surface area contributed by atoms with E-state index in [1.807, 2.05) is 0 Å². The molecule has 0 bridgehead atoms. The second-order valence-electron chi connectivity index (χ2n) is 5.13. The first-order chi connectivity index (χ1) is 8.33. The third-order valence-corrected chi connectivity index (χ3v) is 5.39. The van der Waals surface area contributed by atoms with Crippen molar-refractivity contribution >= 4 is 22.6 Å².